The first-order valence-electron chi connectivity index (χ1n) is 4.81. The van der Waals surface area contributed by atoms with E-state index in [4.69, 9.17) is 0 Å². The highest BCUT2D eigenvalue weighted by Gasteiger charge is 2.13. The van der Waals surface area contributed by atoms with Crippen molar-refractivity contribution in [1.29, 1.82) is 0 Å². The van der Waals surface area contributed by atoms with Crippen molar-refractivity contribution >= 4 is 5.91 Å². The molecule has 1 unspecified atom stereocenters. The minimum atomic E-state index is -0.188. The highest BCUT2D eigenvalue weighted by molar-refractivity contribution is 5.80. The molecule has 0 bridgehead atoms. The molecule has 0 aliphatic rings. The highest BCUT2D eigenvalue weighted by atomic mass is 16.5. The minimum absolute atomic E-state index is 0.0584. The van der Waals surface area contributed by atoms with E-state index >= 15 is 0 Å². The normalized spacial score (nSPS) is 12.5. The number of hydrogen-bond acceptors (Lipinski definition) is 5. The Kier molecular flexibility index (Phi) is 4.23. The van der Waals surface area contributed by atoms with Gasteiger partial charge in [-0.2, -0.15) is 4.98 Å². The molecule has 84 valence electrons. The molecule has 0 radical (unpaired) electrons. The Morgan fingerprint density at radius 3 is 2.93 bits per heavy atom. The van der Waals surface area contributed by atoms with Gasteiger partial charge >= 0.3 is 0 Å². The van der Waals surface area contributed by atoms with E-state index in [0.29, 0.717) is 18.8 Å². The Hall–Kier alpha value is -1.43. The van der Waals surface area contributed by atoms with Crippen LogP contribution in [0.15, 0.2) is 10.9 Å². The van der Waals surface area contributed by atoms with Gasteiger partial charge in [-0.15, -0.1) is 0 Å². The molecule has 1 rings (SSSR count). The lowest BCUT2D eigenvalue weighted by atomic mass is 10.3. The van der Waals surface area contributed by atoms with E-state index in [1.807, 2.05) is 6.92 Å². The van der Waals surface area contributed by atoms with Crippen molar-refractivity contribution in [1.82, 2.24) is 20.4 Å². The molecule has 1 aromatic heterocycles. The van der Waals surface area contributed by atoms with Crippen LogP contribution in [0.25, 0.3) is 0 Å². The Bertz CT molecular complexity index is 297. The van der Waals surface area contributed by atoms with Gasteiger partial charge in [0, 0.05) is 27.1 Å². The van der Waals surface area contributed by atoms with Crippen LogP contribution in [0.3, 0.4) is 0 Å². The molecule has 15 heavy (non-hydrogen) atoms. The van der Waals surface area contributed by atoms with Crippen LogP contribution >= 0.6 is 0 Å². The van der Waals surface area contributed by atoms with Gasteiger partial charge in [0.15, 0.2) is 5.82 Å². The zero-order valence-corrected chi connectivity index (χ0v) is 9.23. The number of aromatic nitrogens is 2. The lowest BCUT2D eigenvalue weighted by Crippen LogP contribution is -2.42. The van der Waals surface area contributed by atoms with E-state index < -0.39 is 0 Å². The molecule has 1 aromatic rings. The van der Waals surface area contributed by atoms with Crippen LogP contribution < -0.4 is 5.32 Å². The number of nitrogens with zero attached hydrogens (tertiary/aromatic N) is 3. The summed E-state index contributed by atoms with van der Waals surface area (Å²) in [6.07, 6.45) is 1.95. The number of amides is 1. The molecule has 1 N–H and O–H groups in total. The van der Waals surface area contributed by atoms with Crippen LogP contribution in [0.4, 0.5) is 0 Å². The van der Waals surface area contributed by atoms with Crippen LogP contribution in [0, 0.1) is 0 Å². The van der Waals surface area contributed by atoms with Crippen molar-refractivity contribution in [3.63, 3.8) is 0 Å². The predicted octanol–water partition coefficient (Wildman–Crippen LogP) is -0.322. The molecular weight excluding hydrogens is 196 g/mol. The fourth-order valence-electron chi connectivity index (χ4n) is 1.18. The molecular formula is C9H16N4O2. The topological polar surface area (TPSA) is 71.3 Å². The molecule has 0 saturated carbocycles. The third-order valence-corrected chi connectivity index (χ3v) is 2.02. The lowest BCUT2D eigenvalue weighted by molar-refractivity contribution is -0.130. The van der Waals surface area contributed by atoms with Gasteiger partial charge in [0.1, 0.15) is 0 Å². The SMILES string of the molecule is CC(NCCc1ncon1)C(=O)N(C)C. The highest BCUT2D eigenvalue weighted by Crippen LogP contribution is 1.91. The second-order valence-corrected chi connectivity index (χ2v) is 3.51. The zero-order chi connectivity index (χ0) is 11.3. The minimum Gasteiger partial charge on any atom is -0.347 e. The summed E-state index contributed by atoms with van der Waals surface area (Å²) in [4.78, 5) is 16.9. The van der Waals surface area contributed by atoms with E-state index in [1.54, 1.807) is 19.0 Å². The number of carbonyl (C=O) groups is 1. The molecule has 6 nitrogen and oxygen atoms in total. The summed E-state index contributed by atoms with van der Waals surface area (Å²) >= 11 is 0. The van der Waals surface area contributed by atoms with Crippen molar-refractivity contribution in [2.75, 3.05) is 20.6 Å². The quantitative estimate of drug-likeness (QED) is 0.724. The summed E-state index contributed by atoms with van der Waals surface area (Å²) in [5.74, 6) is 0.704. The number of likely N-dealkylation sites (N-methyl/N-ethyl adjacent to an activating group) is 1. The molecule has 0 aromatic carbocycles. The van der Waals surface area contributed by atoms with Crippen molar-refractivity contribution < 1.29 is 9.32 Å². The second kappa shape index (κ2) is 5.45. The molecule has 1 amide bonds. The summed E-state index contributed by atoms with van der Waals surface area (Å²) < 4.78 is 4.59. The van der Waals surface area contributed by atoms with Crippen LogP contribution in [0.2, 0.25) is 0 Å². The first-order valence-corrected chi connectivity index (χ1v) is 4.81. The standard InChI is InChI=1S/C9H16N4O2/c1-7(9(14)13(2)3)10-5-4-8-11-6-15-12-8/h6-7,10H,4-5H2,1-3H3. The number of nitrogens with one attached hydrogen (secondary N) is 1. The van der Waals surface area contributed by atoms with Gasteiger partial charge in [0.05, 0.1) is 6.04 Å². The molecule has 1 heterocycles. The Morgan fingerprint density at radius 1 is 1.67 bits per heavy atom. The van der Waals surface area contributed by atoms with Crippen LogP contribution in [0.1, 0.15) is 12.7 Å². The fraction of sp³-hybridized carbons (Fsp3) is 0.667. The summed E-state index contributed by atoms with van der Waals surface area (Å²) in [6, 6.07) is -0.188. The summed E-state index contributed by atoms with van der Waals surface area (Å²) in [6.45, 7) is 2.48. The molecule has 0 spiro atoms. The molecule has 0 saturated heterocycles. The van der Waals surface area contributed by atoms with E-state index in [0.717, 1.165) is 0 Å². The second-order valence-electron chi connectivity index (χ2n) is 3.51. The van der Waals surface area contributed by atoms with E-state index in [9.17, 15) is 4.79 Å². The maximum atomic E-state index is 11.4. The maximum Gasteiger partial charge on any atom is 0.238 e. The number of rotatable bonds is 5. The van der Waals surface area contributed by atoms with Gasteiger partial charge < -0.3 is 14.7 Å². The predicted molar refractivity (Wildman–Crippen MR) is 54.2 cm³/mol. The Morgan fingerprint density at radius 2 is 2.40 bits per heavy atom. The molecule has 6 heteroatoms. The van der Waals surface area contributed by atoms with Crippen LogP contribution in [-0.4, -0.2) is 47.6 Å². The molecule has 0 aliphatic carbocycles. The molecule has 0 fully saturated rings. The average molecular weight is 212 g/mol. The Labute approximate surface area is 88.6 Å². The third kappa shape index (κ3) is 3.67. The van der Waals surface area contributed by atoms with Gasteiger partial charge in [-0.25, -0.2) is 0 Å². The smallest absolute Gasteiger partial charge is 0.238 e. The van der Waals surface area contributed by atoms with E-state index in [-0.39, 0.29) is 11.9 Å². The van der Waals surface area contributed by atoms with Gasteiger partial charge in [-0.3, -0.25) is 4.79 Å². The van der Waals surface area contributed by atoms with E-state index in [1.165, 1.54) is 6.39 Å². The van der Waals surface area contributed by atoms with Crippen molar-refractivity contribution in [2.45, 2.75) is 19.4 Å². The van der Waals surface area contributed by atoms with Gasteiger partial charge in [-0.1, -0.05) is 5.16 Å². The summed E-state index contributed by atoms with van der Waals surface area (Å²) in [5, 5.41) is 6.76. The van der Waals surface area contributed by atoms with Gasteiger partial charge in [-0.05, 0) is 6.92 Å². The number of carbonyl (C=O) groups excluding carboxylic acids is 1. The maximum absolute atomic E-state index is 11.4. The first-order chi connectivity index (χ1) is 7.11. The first kappa shape index (κ1) is 11.6. The fourth-order valence-corrected chi connectivity index (χ4v) is 1.18. The van der Waals surface area contributed by atoms with E-state index in [2.05, 4.69) is 20.0 Å². The number of hydrogen-bond donors (Lipinski definition) is 1. The monoisotopic (exact) mass is 212 g/mol. The van der Waals surface area contributed by atoms with Crippen molar-refractivity contribution in [3.05, 3.63) is 12.2 Å². The largest absolute Gasteiger partial charge is 0.347 e. The Balaban J connectivity index is 2.23. The van der Waals surface area contributed by atoms with Crippen LogP contribution in [-0.2, 0) is 11.2 Å². The molecule has 0 aliphatic heterocycles. The molecule has 1 atom stereocenters. The lowest BCUT2D eigenvalue weighted by Gasteiger charge is -2.17. The summed E-state index contributed by atoms with van der Waals surface area (Å²) in [5.41, 5.74) is 0. The van der Waals surface area contributed by atoms with Gasteiger partial charge in [0.2, 0.25) is 12.3 Å². The summed E-state index contributed by atoms with van der Waals surface area (Å²) in [7, 11) is 3.47. The third-order valence-electron chi connectivity index (χ3n) is 2.02. The zero-order valence-electron chi connectivity index (χ0n) is 9.23. The average Bonchev–Trinajstić information content (AvgIpc) is 2.69. The van der Waals surface area contributed by atoms with Crippen molar-refractivity contribution in [3.8, 4) is 0 Å². The van der Waals surface area contributed by atoms with Crippen LogP contribution in [0.5, 0.6) is 0 Å². The van der Waals surface area contributed by atoms with Crippen molar-refractivity contribution in [2.24, 2.45) is 0 Å². The van der Waals surface area contributed by atoms with Gasteiger partial charge in [0.25, 0.3) is 0 Å².